The number of benzene rings is 2. The molecule has 1 aliphatic heterocycles. The van der Waals surface area contributed by atoms with Crippen molar-refractivity contribution in [1.29, 1.82) is 5.26 Å². The molecule has 2 aromatic heterocycles. The summed E-state index contributed by atoms with van der Waals surface area (Å²) >= 11 is 0. The van der Waals surface area contributed by atoms with Crippen molar-refractivity contribution in [2.75, 3.05) is 38.2 Å². The zero-order chi connectivity index (χ0) is 22.9. The first-order valence-electron chi connectivity index (χ1n) is 11.1. The highest BCUT2D eigenvalue weighted by molar-refractivity contribution is 6.01. The Balaban J connectivity index is 1.70. The number of hydrogen-bond donors (Lipinski definition) is 2. The van der Waals surface area contributed by atoms with Crippen molar-refractivity contribution in [2.45, 2.75) is 13.8 Å². The van der Waals surface area contributed by atoms with Crippen molar-refractivity contribution < 1.29 is 4.74 Å². The number of ether oxygens (including phenoxy) is 1. The van der Waals surface area contributed by atoms with Gasteiger partial charge in [0.05, 0.1) is 23.8 Å². The van der Waals surface area contributed by atoms with Crippen LogP contribution in [-0.2, 0) is 0 Å². The molecule has 33 heavy (non-hydrogen) atoms. The van der Waals surface area contributed by atoms with E-state index in [2.05, 4.69) is 50.7 Å². The molecule has 0 aliphatic carbocycles. The normalized spacial score (nSPS) is 13.8. The molecule has 2 aromatic carbocycles. The van der Waals surface area contributed by atoms with Crippen LogP contribution in [0.2, 0.25) is 0 Å². The van der Waals surface area contributed by atoms with Gasteiger partial charge in [-0.3, -0.25) is 5.10 Å². The van der Waals surface area contributed by atoms with Gasteiger partial charge >= 0.3 is 0 Å². The Morgan fingerprint density at radius 2 is 1.82 bits per heavy atom. The van der Waals surface area contributed by atoms with Crippen molar-refractivity contribution in [1.82, 2.24) is 20.5 Å². The van der Waals surface area contributed by atoms with E-state index in [1.54, 1.807) is 7.11 Å². The highest BCUT2D eigenvalue weighted by Crippen LogP contribution is 2.39. The van der Waals surface area contributed by atoms with Crippen LogP contribution in [0.3, 0.4) is 0 Å². The fourth-order valence-corrected chi connectivity index (χ4v) is 4.58. The Labute approximate surface area is 193 Å². The van der Waals surface area contributed by atoms with Crippen LogP contribution in [0.1, 0.15) is 16.8 Å². The lowest BCUT2D eigenvalue weighted by molar-refractivity contribution is 0.414. The standard InChI is InChI=1S/C26H26N6O/c1-16-14-20(33-3)8-9-21(16)25-22(15-27)24(23-17(2)30-31-26(23)29-25)18-4-6-19(7-5-18)32-12-10-28-11-13-32/h4-9,14,28H,10-13H2,1-3H3,(H,29,30,31). The molecular weight excluding hydrogens is 412 g/mol. The number of anilines is 1. The predicted molar refractivity (Wildman–Crippen MR) is 131 cm³/mol. The number of fused-ring (bicyclic) bond motifs is 1. The summed E-state index contributed by atoms with van der Waals surface area (Å²) in [5.74, 6) is 0.773. The highest BCUT2D eigenvalue weighted by atomic mass is 16.5. The second-order valence-corrected chi connectivity index (χ2v) is 8.33. The minimum absolute atomic E-state index is 0.551. The number of pyridine rings is 1. The zero-order valence-electron chi connectivity index (χ0n) is 19.1. The molecule has 7 heteroatoms. The number of hydrogen-bond acceptors (Lipinski definition) is 6. The van der Waals surface area contributed by atoms with Crippen molar-refractivity contribution in [2.24, 2.45) is 0 Å². The Morgan fingerprint density at radius 1 is 1.06 bits per heavy atom. The van der Waals surface area contributed by atoms with Gasteiger partial charge in [-0.2, -0.15) is 10.4 Å². The van der Waals surface area contributed by atoms with Gasteiger partial charge in [0, 0.05) is 48.7 Å². The molecule has 0 saturated carbocycles. The second-order valence-electron chi connectivity index (χ2n) is 8.33. The number of nitrogens with one attached hydrogen (secondary N) is 2. The first-order chi connectivity index (χ1) is 16.1. The van der Waals surface area contributed by atoms with Crippen LogP contribution in [0, 0.1) is 25.2 Å². The monoisotopic (exact) mass is 438 g/mol. The quantitative estimate of drug-likeness (QED) is 0.496. The molecular formula is C26H26N6O. The van der Waals surface area contributed by atoms with Gasteiger partial charge < -0.3 is 15.0 Å². The predicted octanol–water partition coefficient (Wildman–Crippen LogP) is 4.20. The summed E-state index contributed by atoms with van der Waals surface area (Å²) in [6, 6.07) is 16.7. The lowest BCUT2D eigenvalue weighted by Gasteiger charge is -2.29. The molecule has 5 rings (SSSR count). The molecule has 2 N–H and O–H groups in total. The van der Waals surface area contributed by atoms with Gasteiger partial charge in [0.15, 0.2) is 5.65 Å². The van der Waals surface area contributed by atoms with Crippen molar-refractivity contribution in [3.8, 4) is 34.2 Å². The maximum Gasteiger partial charge on any atom is 0.182 e. The molecule has 0 radical (unpaired) electrons. The number of methoxy groups -OCH3 is 1. The van der Waals surface area contributed by atoms with Crippen LogP contribution in [0.4, 0.5) is 5.69 Å². The summed E-state index contributed by atoms with van der Waals surface area (Å²) in [7, 11) is 1.65. The summed E-state index contributed by atoms with van der Waals surface area (Å²) < 4.78 is 5.36. The Hall–Kier alpha value is -3.89. The number of nitriles is 1. The highest BCUT2D eigenvalue weighted by Gasteiger charge is 2.22. The third-order valence-electron chi connectivity index (χ3n) is 6.32. The number of aryl methyl sites for hydroxylation is 2. The maximum absolute atomic E-state index is 10.3. The Kier molecular flexibility index (Phi) is 5.45. The van der Waals surface area contributed by atoms with E-state index in [9.17, 15) is 5.26 Å². The average Bonchev–Trinajstić information content (AvgIpc) is 3.23. The third-order valence-corrected chi connectivity index (χ3v) is 6.32. The minimum atomic E-state index is 0.551. The van der Waals surface area contributed by atoms with E-state index in [0.717, 1.165) is 65.3 Å². The largest absolute Gasteiger partial charge is 0.497 e. The summed E-state index contributed by atoms with van der Waals surface area (Å²) in [6.45, 7) is 7.93. The van der Waals surface area contributed by atoms with E-state index in [1.807, 2.05) is 32.0 Å². The smallest absolute Gasteiger partial charge is 0.182 e. The van der Waals surface area contributed by atoms with Crippen LogP contribution in [0.15, 0.2) is 42.5 Å². The minimum Gasteiger partial charge on any atom is -0.497 e. The molecule has 1 aliphatic rings. The number of piperazine rings is 1. The first kappa shape index (κ1) is 21.0. The Morgan fingerprint density at radius 3 is 2.48 bits per heavy atom. The van der Waals surface area contributed by atoms with Crippen molar-refractivity contribution >= 4 is 16.7 Å². The zero-order valence-corrected chi connectivity index (χ0v) is 19.1. The summed E-state index contributed by atoms with van der Waals surface area (Å²) in [6.07, 6.45) is 0. The molecule has 4 aromatic rings. The van der Waals surface area contributed by atoms with Gasteiger partial charge in [0.2, 0.25) is 0 Å². The number of nitrogens with zero attached hydrogens (tertiary/aromatic N) is 4. The molecule has 1 fully saturated rings. The summed E-state index contributed by atoms with van der Waals surface area (Å²) in [4.78, 5) is 7.19. The Bertz CT molecular complexity index is 1360. The van der Waals surface area contributed by atoms with E-state index >= 15 is 0 Å². The van der Waals surface area contributed by atoms with E-state index in [0.29, 0.717) is 16.9 Å². The van der Waals surface area contributed by atoms with Crippen LogP contribution < -0.4 is 15.0 Å². The van der Waals surface area contributed by atoms with Gasteiger partial charge in [0.25, 0.3) is 0 Å². The SMILES string of the molecule is COc1ccc(-c2nc3n[nH]c(C)c3c(-c3ccc(N4CCNCC4)cc3)c2C#N)c(C)c1. The second kappa shape index (κ2) is 8.57. The third kappa shape index (κ3) is 3.69. The molecule has 0 unspecified atom stereocenters. The van der Waals surface area contributed by atoms with E-state index in [-0.39, 0.29) is 0 Å². The van der Waals surface area contributed by atoms with Crippen molar-refractivity contribution in [3.05, 3.63) is 59.3 Å². The fraction of sp³-hybridized carbons (Fsp3) is 0.269. The maximum atomic E-state index is 10.3. The number of rotatable bonds is 4. The summed E-state index contributed by atoms with van der Waals surface area (Å²) in [5.41, 5.74) is 7.62. The van der Waals surface area contributed by atoms with E-state index in [4.69, 9.17) is 9.72 Å². The molecule has 166 valence electrons. The molecule has 0 bridgehead atoms. The molecule has 7 nitrogen and oxygen atoms in total. The van der Waals surface area contributed by atoms with Crippen LogP contribution in [-0.4, -0.2) is 48.5 Å². The number of H-pyrrole nitrogens is 1. The number of aromatic amines is 1. The average molecular weight is 439 g/mol. The molecule has 0 atom stereocenters. The molecule has 1 saturated heterocycles. The fourth-order valence-electron chi connectivity index (χ4n) is 4.58. The van der Waals surface area contributed by atoms with Gasteiger partial charge in [-0.25, -0.2) is 4.98 Å². The lowest BCUT2D eigenvalue weighted by Crippen LogP contribution is -2.43. The van der Waals surface area contributed by atoms with Gasteiger partial charge in [0.1, 0.15) is 11.8 Å². The molecule has 3 heterocycles. The lowest BCUT2D eigenvalue weighted by atomic mass is 9.92. The van der Waals surface area contributed by atoms with Gasteiger partial charge in [-0.05, 0) is 55.3 Å². The van der Waals surface area contributed by atoms with E-state index in [1.165, 1.54) is 5.69 Å². The molecule has 0 amide bonds. The first-order valence-corrected chi connectivity index (χ1v) is 11.1. The van der Waals surface area contributed by atoms with E-state index < -0.39 is 0 Å². The van der Waals surface area contributed by atoms with Gasteiger partial charge in [-0.15, -0.1) is 0 Å². The molecule has 0 spiro atoms. The van der Waals surface area contributed by atoms with Crippen LogP contribution >= 0.6 is 0 Å². The van der Waals surface area contributed by atoms with Gasteiger partial charge in [-0.1, -0.05) is 12.1 Å². The number of aromatic nitrogens is 3. The van der Waals surface area contributed by atoms with Crippen molar-refractivity contribution in [3.63, 3.8) is 0 Å². The topological polar surface area (TPSA) is 89.9 Å². The van der Waals surface area contributed by atoms with Crippen LogP contribution in [0.5, 0.6) is 5.75 Å². The summed E-state index contributed by atoms with van der Waals surface area (Å²) in [5, 5.41) is 22.1. The van der Waals surface area contributed by atoms with Crippen LogP contribution in [0.25, 0.3) is 33.4 Å².